The highest BCUT2D eigenvalue weighted by molar-refractivity contribution is 9.11. The molecule has 0 saturated carbocycles. The van der Waals surface area contributed by atoms with Gasteiger partial charge in [0.1, 0.15) is 5.75 Å². The minimum Gasteiger partial charge on any atom is -0.495 e. The number of anilines is 1. The molecule has 0 fully saturated rings. The molecular weight excluding hydrogens is 402 g/mol. The lowest BCUT2D eigenvalue weighted by atomic mass is 10.3. The van der Waals surface area contributed by atoms with Crippen molar-refractivity contribution in [1.82, 2.24) is 9.55 Å². The van der Waals surface area contributed by atoms with Crippen molar-refractivity contribution in [1.29, 1.82) is 0 Å². The monoisotopic (exact) mass is 417 g/mol. The van der Waals surface area contributed by atoms with E-state index in [4.69, 9.17) is 9.47 Å². The van der Waals surface area contributed by atoms with Crippen LogP contribution in [0.5, 0.6) is 5.75 Å². The number of imidazole rings is 1. The van der Waals surface area contributed by atoms with Crippen LogP contribution in [0.1, 0.15) is 5.69 Å². The molecule has 1 N–H and O–H groups in total. The largest absolute Gasteiger partial charge is 0.495 e. The number of nitrogens with one attached hydrogen (secondary N) is 1. The topological polar surface area (TPSA) is 48.3 Å². The Bertz CT molecular complexity index is 629. The Morgan fingerprint density at radius 1 is 1.24 bits per heavy atom. The highest BCUT2D eigenvalue weighted by atomic mass is 79.9. The van der Waals surface area contributed by atoms with E-state index < -0.39 is 0 Å². The van der Waals surface area contributed by atoms with Crippen LogP contribution in [-0.2, 0) is 4.74 Å². The summed E-state index contributed by atoms with van der Waals surface area (Å²) in [7, 11) is 3.32. The quantitative estimate of drug-likeness (QED) is 0.725. The molecule has 21 heavy (non-hydrogen) atoms. The lowest BCUT2D eigenvalue weighted by Gasteiger charge is -2.13. The van der Waals surface area contributed by atoms with Gasteiger partial charge in [0.15, 0.2) is 0 Å². The van der Waals surface area contributed by atoms with Crippen molar-refractivity contribution in [3.63, 3.8) is 0 Å². The molecule has 0 spiro atoms. The van der Waals surface area contributed by atoms with Crippen LogP contribution in [-0.4, -0.2) is 36.9 Å². The predicted octanol–water partition coefficient (Wildman–Crippen LogP) is 3.77. The number of methoxy groups -OCH3 is 2. The first kappa shape index (κ1) is 16.3. The van der Waals surface area contributed by atoms with Gasteiger partial charge < -0.3 is 14.8 Å². The molecule has 1 aromatic carbocycles. The molecule has 0 aliphatic rings. The van der Waals surface area contributed by atoms with Crippen LogP contribution in [0.4, 0.5) is 5.95 Å². The number of ether oxygens (including phenoxy) is 2. The van der Waals surface area contributed by atoms with Crippen molar-refractivity contribution in [2.24, 2.45) is 0 Å². The van der Waals surface area contributed by atoms with E-state index in [2.05, 4.69) is 42.2 Å². The average Bonchev–Trinajstić information content (AvgIpc) is 2.80. The molecule has 2 aromatic rings. The van der Waals surface area contributed by atoms with E-state index >= 15 is 0 Å². The number of halogens is 2. The molecule has 0 amide bonds. The summed E-state index contributed by atoms with van der Waals surface area (Å²) in [6, 6.07) is 3.92. The first-order valence-corrected chi connectivity index (χ1v) is 7.97. The van der Waals surface area contributed by atoms with Gasteiger partial charge in [-0.25, -0.2) is 4.98 Å². The summed E-state index contributed by atoms with van der Waals surface area (Å²) in [5.41, 5.74) is 1.89. The van der Waals surface area contributed by atoms with Gasteiger partial charge in [-0.15, -0.1) is 0 Å². The van der Waals surface area contributed by atoms with Crippen molar-refractivity contribution >= 4 is 37.8 Å². The SMILES string of the molecule is COCCNc1nc(C)cn1-c1cc(OC)c(Br)cc1Br. The fourth-order valence-corrected chi connectivity index (χ4v) is 3.28. The van der Waals surface area contributed by atoms with Crippen molar-refractivity contribution in [3.05, 3.63) is 33.0 Å². The molecule has 5 nitrogen and oxygen atoms in total. The van der Waals surface area contributed by atoms with Crippen molar-refractivity contribution in [2.75, 3.05) is 32.7 Å². The molecule has 0 radical (unpaired) electrons. The van der Waals surface area contributed by atoms with Crippen LogP contribution in [0.3, 0.4) is 0 Å². The maximum atomic E-state index is 5.37. The minimum absolute atomic E-state index is 0.622. The van der Waals surface area contributed by atoms with Gasteiger partial charge in [0.05, 0.1) is 29.6 Å². The van der Waals surface area contributed by atoms with Crippen molar-refractivity contribution in [2.45, 2.75) is 6.92 Å². The van der Waals surface area contributed by atoms with Crippen LogP contribution in [0.2, 0.25) is 0 Å². The second-order valence-corrected chi connectivity index (χ2v) is 6.14. The summed E-state index contributed by atoms with van der Waals surface area (Å²) >= 11 is 7.06. The normalized spacial score (nSPS) is 10.7. The number of rotatable bonds is 6. The van der Waals surface area contributed by atoms with Gasteiger partial charge >= 0.3 is 0 Å². The zero-order valence-corrected chi connectivity index (χ0v) is 15.3. The molecule has 0 unspecified atom stereocenters. The molecule has 7 heteroatoms. The highest BCUT2D eigenvalue weighted by Gasteiger charge is 2.13. The minimum atomic E-state index is 0.622. The summed E-state index contributed by atoms with van der Waals surface area (Å²) in [4.78, 5) is 4.50. The van der Waals surface area contributed by atoms with Crippen molar-refractivity contribution < 1.29 is 9.47 Å². The molecular formula is C14H17Br2N3O2. The number of benzene rings is 1. The Kier molecular flexibility index (Phi) is 5.66. The average molecular weight is 419 g/mol. The van der Waals surface area contributed by atoms with E-state index in [0.29, 0.717) is 13.2 Å². The Balaban J connectivity index is 2.41. The second-order valence-electron chi connectivity index (χ2n) is 4.43. The van der Waals surface area contributed by atoms with Gasteiger partial charge in [-0.1, -0.05) is 0 Å². The molecule has 0 saturated heterocycles. The summed E-state index contributed by atoms with van der Waals surface area (Å²) in [5, 5.41) is 3.27. The standard InChI is InChI=1S/C14H17Br2N3O2/c1-9-8-19(14(18-9)17-4-5-20-2)12-7-13(21-3)11(16)6-10(12)15/h6-8H,4-5H2,1-3H3,(H,17,18). The summed E-state index contributed by atoms with van der Waals surface area (Å²) in [6.07, 6.45) is 1.97. The Labute approximate surface area is 140 Å². The van der Waals surface area contributed by atoms with Crippen LogP contribution < -0.4 is 10.1 Å². The Hall–Kier alpha value is -1.05. The van der Waals surface area contributed by atoms with Gasteiger partial charge in [0, 0.05) is 30.4 Å². The summed E-state index contributed by atoms with van der Waals surface area (Å²) in [5.74, 6) is 1.54. The van der Waals surface area contributed by atoms with Gasteiger partial charge in [-0.05, 0) is 44.8 Å². The fourth-order valence-electron chi connectivity index (χ4n) is 1.93. The van der Waals surface area contributed by atoms with Crippen LogP contribution in [0.15, 0.2) is 27.3 Å². The second kappa shape index (κ2) is 7.29. The van der Waals surface area contributed by atoms with Gasteiger partial charge in [0.25, 0.3) is 0 Å². The van der Waals surface area contributed by atoms with Crippen molar-refractivity contribution in [3.8, 4) is 11.4 Å². The van der Waals surface area contributed by atoms with Crippen LogP contribution in [0, 0.1) is 6.92 Å². The van der Waals surface area contributed by atoms with Crippen LogP contribution in [0.25, 0.3) is 5.69 Å². The van der Waals surface area contributed by atoms with Crippen LogP contribution >= 0.6 is 31.9 Å². The molecule has 0 atom stereocenters. The third-order valence-electron chi connectivity index (χ3n) is 2.90. The third-order valence-corrected chi connectivity index (χ3v) is 4.15. The number of aromatic nitrogens is 2. The van der Waals surface area contributed by atoms with Gasteiger partial charge in [-0.3, -0.25) is 4.57 Å². The lowest BCUT2D eigenvalue weighted by Crippen LogP contribution is -2.12. The van der Waals surface area contributed by atoms with E-state index in [9.17, 15) is 0 Å². The Morgan fingerprint density at radius 3 is 2.67 bits per heavy atom. The predicted molar refractivity (Wildman–Crippen MR) is 90.6 cm³/mol. The molecule has 0 aliphatic heterocycles. The molecule has 0 aliphatic carbocycles. The lowest BCUT2D eigenvalue weighted by molar-refractivity contribution is 0.210. The molecule has 114 valence electrons. The number of hydrogen-bond acceptors (Lipinski definition) is 4. The van der Waals surface area contributed by atoms with E-state index in [1.807, 2.05) is 29.8 Å². The number of hydrogen-bond donors (Lipinski definition) is 1. The maximum absolute atomic E-state index is 5.37. The maximum Gasteiger partial charge on any atom is 0.207 e. The summed E-state index contributed by atoms with van der Waals surface area (Å²) in [6.45, 7) is 3.27. The Morgan fingerprint density at radius 2 is 2.00 bits per heavy atom. The van der Waals surface area contributed by atoms with Gasteiger partial charge in [-0.2, -0.15) is 0 Å². The molecule has 1 aromatic heterocycles. The first-order chi connectivity index (χ1) is 10.1. The fraction of sp³-hybridized carbons (Fsp3) is 0.357. The van der Waals surface area contributed by atoms with E-state index in [1.54, 1.807) is 14.2 Å². The highest BCUT2D eigenvalue weighted by Crippen LogP contribution is 2.34. The van der Waals surface area contributed by atoms with Gasteiger partial charge in [0.2, 0.25) is 5.95 Å². The zero-order chi connectivity index (χ0) is 15.4. The van der Waals surface area contributed by atoms with E-state index in [1.165, 1.54) is 0 Å². The number of nitrogens with zero attached hydrogens (tertiary/aromatic N) is 2. The van der Waals surface area contributed by atoms with E-state index in [-0.39, 0.29) is 0 Å². The smallest absolute Gasteiger partial charge is 0.207 e. The molecule has 1 heterocycles. The number of aryl methyl sites for hydroxylation is 1. The first-order valence-electron chi connectivity index (χ1n) is 6.39. The summed E-state index contributed by atoms with van der Waals surface area (Å²) < 4.78 is 14.3. The molecule has 0 bridgehead atoms. The molecule has 2 rings (SSSR count). The third kappa shape index (κ3) is 3.78. The zero-order valence-electron chi connectivity index (χ0n) is 12.1. The van der Waals surface area contributed by atoms with E-state index in [0.717, 1.165) is 32.0 Å².